The van der Waals surface area contributed by atoms with Crippen molar-refractivity contribution in [1.82, 2.24) is 4.98 Å². The van der Waals surface area contributed by atoms with Gasteiger partial charge in [0.05, 0.1) is 0 Å². The Morgan fingerprint density at radius 2 is 1.54 bits per heavy atom. The summed E-state index contributed by atoms with van der Waals surface area (Å²) in [6.07, 6.45) is 4.93. The first kappa shape index (κ1) is 14.7. The Labute approximate surface area is 83.2 Å². The molecule has 0 amide bonds. The largest absolute Gasteiger partial charge is 0.264 e. The summed E-state index contributed by atoms with van der Waals surface area (Å²) in [4.78, 5) is 3.95. The van der Waals surface area contributed by atoms with E-state index in [0.717, 1.165) is 0 Å². The van der Waals surface area contributed by atoms with Crippen molar-refractivity contribution >= 4 is 0 Å². The average molecular weight is 181 g/mol. The van der Waals surface area contributed by atoms with Gasteiger partial charge in [-0.1, -0.05) is 34.1 Å². The van der Waals surface area contributed by atoms with Gasteiger partial charge in [0.2, 0.25) is 0 Å². The van der Waals surface area contributed by atoms with Gasteiger partial charge in [-0.2, -0.15) is 0 Å². The Hall–Kier alpha value is -0.850. The van der Waals surface area contributed by atoms with E-state index in [2.05, 4.69) is 32.7 Å². The van der Waals surface area contributed by atoms with E-state index >= 15 is 0 Å². The van der Waals surface area contributed by atoms with Crippen LogP contribution < -0.4 is 0 Å². The quantitative estimate of drug-likeness (QED) is 0.586. The highest BCUT2D eigenvalue weighted by atomic mass is 14.6. The summed E-state index contributed by atoms with van der Waals surface area (Å²) in [5.41, 5.74) is 2.56. The minimum Gasteiger partial charge on any atom is -0.264 e. The lowest BCUT2D eigenvalue weighted by molar-refractivity contribution is 1.09. The predicted molar refractivity (Wildman–Crippen MR) is 61.0 cm³/mol. The van der Waals surface area contributed by atoms with Crippen molar-refractivity contribution in [2.24, 2.45) is 0 Å². The number of aromatic nitrogens is 1. The Bertz CT molecular complexity index is 173. The highest BCUT2D eigenvalue weighted by Crippen LogP contribution is 2.00. The number of pyridine rings is 1. The zero-order valence-electron chi connectivity index (χ0n) is 9.89. The molecule has 0 spiro atoms. The van der Waals surface area contributed by atoms with Crippen molar-refractivity contribution in [3.63, 3.8) is 0 Å². The first-order valence-electron chi connectivity index (χ1n) is 5.09. The van der Waals surface area contributed by atoms with E-state index in [1.54, 1.807) is 0 Å². The molecule has 1 heterocycles. The van der Waals surface area contributed by atoms with Crippen LogP contribution in [0, 0.1) is 13.8 Å². The minimum atomic E-state index is 1.25. The van der Waals surface area contributed by atoms with Gasteiger partial charge in [0, 0.05) is 12.4 Å². The SMILES string of the molecule is CC.CCC.Cc1ccncc1C. The molecule has 1 nitrogen and oxygen atoms in total. The summed E-state index contributed by atoms with van der Waals surface area (Å²) < 4.78 is 0. The van der Waals surface area contributed by atoms with E-state index in [0.29, 0.717) is 0 Å². The van der Waals surface area contributed by atoms with Crippen LogP contribution in [0.2, 0.25) is 0 Å². The zero-order chi connectivity index (χ0) is 10.7. The Morgan fingerprint density at radius 1 is 1.08 bits per heavy atom. The van der Waals surface area contributed by atoms with E-state index < -0.39 is 0 Å². The van der Waals surface area contributed by atoms with Gasteiger partial charge in [0.15, 0.2) is 0 Å². The third kappa shape index (κ3) is 9.06. The van der Waals surface area contributed by atoms with Gasteiger partial charge in [0.25, 0.3) is 0 Å². The maximum absolute atomic E-state index is 3.95. The molecule has 0 atom stereocenters. The van der Waals surface area contributed by atoms with Gasteiger partial charge in [0.1, 0.15) is 0 Å². The smallest absolute Gasteiger partial charge is 0.0299 e. The third-order valence-corrected chi connectivity index (χ3v) is 1.30. The molecule has 0 aliphatic carbocycles. The molecule has 1 aromatic rings. The lowest BCUT2D eigenvalue weighted by Gasteiger charge is -1.92. The van der Waals surface area contributed by atoms with Crippen molar-refractivity contribution in [2.75, 3.05) is 0 Å². The number of rotatable bonds is 0. The topological polar surface area (TPSA) is 12.9 Å². The summed E-state index contributed by atoms with van der Waals surface area (Å²) in [5.74, 6) is 0. The van der Waals surface area contributed by atoms with Gasteiger partial charge in [-0.3, -0.25) is 4.98 Å². The van der Waals surface area contributed by atoms with Gasteiger partial charge in [-0.25, -0.2) is 0 Å². The van der Waals surface area contributed by atoms with Crippen LogP contribution in [0.3, 0.4) is 0 Å². The molecule has 0 unspecified atom stereocenters. The maximum Gasteiger partial charge on any atom is 0.0299 e. The van der Waals surface area contributed by atoms with Gasteiger partial charge < -0.3 is 0 Å². The standard InChI is InChI=1S/C7H9N.C3H8.C2H6/c1-6-3-4-8-5-7(6)2;1-3-2;1-2/h3-5H,1-2H3;3H2,1-2H3;1-2H3. The summed E-state index contributed by atoms with van der Waals surface area (Å²) in [6.45, 7) is 12.4. The van der Waals surface area contributed by atoms with E-state index in [1.807, 2.05) is 32.3 Å². The predicted octanol–water partition coefficient (Wildman–Crippen LogP) is 4.14. The monoisotopic (exact) mass is 181 g/mol. The van der Waals surface area contributed by atoms with Gasteiger partial charge >= 0.3 is 0 Å². The molecule has 0 bridgehead atoms. The lowest BCUT2D eigenvalue weighted by atomic mass is 10.2. The highest BCUT2D eigenvalue weighted by Gasteiger charge is 1.84. The molecule has 0 aliphatic heterocycles. The van der Waals surface area contributed by atoms with Crippen LogP contribution in [0.15, 0.2) is 18.5 Å². The van der Waals surface area contributed by atoms with Crippen LogP contribution in [-0.2, 0) is 0 Å². The molecule has 0 N–H and O–H groups in total. The summed E-state index contributed by atoms with van der Waals surface area (Å²) in [5, 5.41) is 0. The number of hydrogen-bond acceptors (Lipinski definition) is 1. The number of aryl methyl sites for hydroxylation is 2. The highest BCUT2D eigenvalue weighted by molar-refractivity contribution is 5.18. The fourth-order valence-electron chi connectivity index (χ4n) is 0.543. The molecule has 0 saturated carbocycles. The number of hydrogen-bond donors (Lipinski definition) is 0. The van der Waals surface area contributed by atoms with Crippen molar-refractivity contribution in [3.05, 3.63) is 29.6 Å². The minimum absolute atomic E-state index is 1.25. The first-order chi connectivity index (χ1) is 6.22. The van der Waals surface area contributed by atoms with Crippen molar-refractivity contribution in [2.45, 2.75) is 48.0 Å². The Morgan fingerprint density at radius 3 is 1.77 bits per heavy atom. The van der Waals surface area contributed by atoms with Crippen molar-refractivity contribution < 1.29 is 0 Å². The third-order valence-electron chi connectivity index (χ3n) is 1.30. The summed E-state index contributed by atoms with van der Waals surface area (Å²) >= 11 is 0. The van der Waals surface area contributed by atoms with Crippen LogP contribution in [0.5, 0.6) is 0 Å². The van der Waals surface area contributed by atoms with Gasteiger partial charge in [-0.15, -0.1) is 0 Å². The molecule has 0 aromatic carbocycles. The fraction of sp³-hybridized carbons (Fsp3) is 0.583. The molecule has 0 aliphatic rings. The molecule has 13 heavy (non-hydrogen) atoms. The van der Waals surface area contributed by atoms with Crippen LogP contribution in [0.25, 0.3) is 0 Å². The fourth-order valence-corrected chi connectivity index (χ4v) is 0.543. The van der Waals surface area contributed by atoms with Crippen LogP contribution in [0.4, 0.5) is 0 Å². The average Bonchev–Trinajstić information content (AvgIpc) is 2.15. The zero-order valence-corrected chi connectivity index (χ0v) is 9.89. The second kappa shape index (κ2) is 11.2. The Balaban J connectivity index is 0. The molecule has 1 aromatic heterocycles. The second-order valence-corrected chi connectivity index (χ2v) is 2.67. The van der Waals surface area contributed by atoms with Crippen LogP contribution >= 0.6 is 0 Å². The van der Waals surface area contributed by atoms with Crippen LogP contribution in [-0.4, -0.2) is 4.98 Å². The molecule has 0 radical (unpaired) electrons. The van der Waals surface area contributed by atoms with E-state index in [1.165, 1.54) is 17.5 Å². The summed E-state index contributed by atoms with van der Waals surface area (Å²) in [6, 6.07) is 2.01. The molecule has 1 rings (SSSR count). The second-order valence-electron chi connectivity index (χ2n) is 2.67. The molecule has 0 fully saturated rings. The van der Waals surface area contributed by atoms with E-state index in [9.17, 15) is 0 Å². The summed E-state index contributed by atoms with van der Waals surface area (Å²) in [7, 11) is 0. The maximum atomic E-state index is 3.95. The van der Waals surface area contributed by atoms with Crippen molar-refractivity contribution in [1.29, 1.82) is 0 Å². The van der Waals surface area contributed by atoms with Crippen molar-refractivity contribution in [3.8, 4) is 0 Å². The molecular formula is C12H23N. The molecule has 1 heteroatoms. The van der Waals surface area contributed by atoms with Gasteiger partial charge in [-0.05, 0) is 31.0 Å². The first-order valence-corrected chi connectivity index (χ1v) is 5.09. The molecule has 76 valence electrons. The van der Waals surface area contributed by atoms with Crippen LogP contribution in [0.1, 0.15) is 45.2 Å². The number of nitrogens with zero attached hydrogens (tertiary/aromatic N) is 1. The molecular weight excluding hydrogens is 158 g/mol. The molecule has 0 saturated heterocycles. The Kier molecular flexibility index (Phi) is 12.6. The van der Waals surface area contributed by atoms with E-state index in [4.69, 9.17) is 0 Å². The van der Waals surface area contributed by atoms with E-state index in [-0.39, 0.29) is 0 Å². The lowest BCUT2D eigenvalue weighted by Crippen LogP contribution is -1.78. The normalized spacial score (nSPS) is 7.54.